The Hall–Kier alpha value is -2.41. The number of nitrogens with zero attached hydrogens (tertiary/aromatic N) is 3. The van der Waals surface area contributed by atoms with Crippen LogP contribution in [-0.4, -0.2) is 27.3 Å². The van der Waals surface area contributed by atoms with Crippen LogP contribution >= 0.6 is 11.3 Å². The quantitative estimate of drug-likeness (QED) is 0.786. The molecule has 22 heavy (non-hydrogen) atoms. The SMILES string of the molecule is CCOc1ccc2c(ccn2CC(=O)Nc2nnc(C)s2)c1. The molecule has 3 rings (SSSR count). The topological polar surface area (TPSA) is 69.0 Å². The van der Waals surface area contributed by atoms with Crippen LogP contribution < -0.4 is 10.1 Å². The molecular weight excluding hydrogens is 300 g/mol. The van der Waals surface area contributed by atoms with Crippen LogP contribution in [0.5, 0.6) is 5.75 Å². The number of aromatic nitrogens is 3. The Balaban J connectivity index is 1.74. The maximum atomic E-state index is 12.1. The third kappa shape index (κ3) is 3.09. The van der Waals surface area contributed by atoms with Crippen molar-refractivity contribution in [1.82, 2.24) is 14.8 Å². The predicted octanol–water partition coefficient (Wildman–Crippen LogP) is 2.84. The molecule has 1 N–H and O–H groups in total. The molecule has 0 bridgehead atoms. The van der Waals surface area contributed by atoms with Gasteiger partial charge in [-0.25, -0.2) is 0 Å². The van der Waals surface area contributed by atoms with Gasteiger partial charge < -0.3 is 9.30 Å². The number of carbonyl (C=O) groups excluding carboxylic acids is 1. The summed E-state index contributed by atoms with van der Waals surface area (Å²) in [4.78, 5) is 12.1. The summed E-state index contributed by atoms with van der Waals surface area (Å²) in [5.74, 6) is 0.712. The molecule has 2 heterocycles. The number of fused-ring (bicyclic) bond motifs is 1. The zero-order valence-electron chi connectivity index (χ0n) is 12.4. The molecule has 0 spiro atoms. The average molecular weight is 316 g/mol. The fourth-order valence-corrected chi connectivity index (χ4v) is 2.84. The van der Waals surface area contributed by atoms with Gasteiger partial charge in [-0.15, -0.1) is 10.2 Å². The third-order valence-electron chi connectivity index (χ3n) is 3.14. The predicted molar refractivity (Wildman–Crippen MR) is 86.4 cm³/mol. The van der Waals surface area contributed by atoms with E-state index in [0.29, 0.717) is 11.7 Å². The van der Waals surface area contributed by atoms with Crippen molar-refractivity contribution < 1.29 is 9.53 Å². The van der Waals surface area contributed by atoms with E-state index >= 15 is 0 Å². The lowest BCUT2D eigenvalue weighted by atomic mass is 10.2. The molecule has 0 unspecified atom stereocenters. The highest BCUT2D eigenvalue weighted by molar-refractivity contribution is 7.15. The Labute approximate surface area is 131 Å². The normalized spacial score (nSPS) is 10.8. The number of carbonyl (C=O) groups is 1. The van der Waals surface area contributed by atoms with E-state index < -0.39 is 0 Å². The van der Waals surface area contributed by atoms with Gasteiger partial charge in [0.05, 0.1) is 6.61 Å². The number of aryl methyl sites for hydroxylation is 1. The molecule has 0 atom stereocenters. The number of hydrogen-bond acceptors (Lipinski definition) is 5. The van der Waals surface area contributed by atoms with Gasteiger partial charge >= 0.3 is 0 Å². The highest BCUT2D eigenvalue weighted by Crippen LogP contribution is 2.22. The third-order valence-corrected chi connectivity index (χ3v) is 3.89. The van der Waals surface area contributed by atoms with Crippen LogP contribution in [-0.2, 0) is 11.3 Å². The number of nitrogens with one attached hydrogen (secondary N) is 1. The molecule has 0 radical (unpaired) electrons. The lowest BCUT2D eigenvalue weighted by molar-refractivity contribution is -0.116. The summed E-state index contributed by atoms with van der Waals surface area (Å²) < 4.78 is 7.38. The first kappa shape index (κ1) is 14.5. The van der Waals surface area contributed by atoms with Gasteiger partial charge in [0.15, 0.2) is 0 Å². The van der Waals surface area contributed by atoms with Gasteiger partial charge in [-0.05, 0) is 38.1 Å². The van der Waals surface area contributed by atoms with Gasteiger partial charge in [0.2, 0.25) is 11.0 Å². The van der Waals surface area contributed by atoms with E-state index in [2.05, 4.69) is 15.5 Å². The maximum absolute atomic E-state index is 12.1. The van der Waals surface area contributed by atoms with Crippen LogP contribution in [0, 0.1) is 6.92 Å². The van der Waals surface area contributed by atoms with Crippen LogP contribution in [0.1, 0.15) is 11.9 Å². The number of amides is 1. The van der Waals surface area contributed by atoms with Crippen LogP contribution in [0.25, 0.3) is 10.9 Å². The van der Waals surface area contributed by atoms with E-state index in [0.717, 1.165) is 21.7 Å². The lowest BCUT2D eigenvalue weighted by Crippen LogP contribution is -2.18. The summed E-state index contributed by atoms with van der Waals surface area (Å²) in [5.41, 5.74) is 0.993. The van der Waals surface area contributed by atoms with E-state index in [9.17, 15) is 4.79 Å². The lowest BCUT2D eigenvalue weighted by Gasteiger charge is -2.06. The largest absolute Gasteiger partial charge is 0.494 e. The molecule has 2 aromatic heterocycles. The molecule has 6 nitrogen and oxygen atoms in total. The number of rotatable bonds is 5. The average Bonchev–Trinajstić information content (AvgIpc) is 3.06. The highest BCUT2D eigenvalue weighted by atomic mass is 32.1. The van der Waals surface area contributed by atoms with Crippen molar-refractivity contribution in [2.24, 2.45) is 0 Å². The van der Waals surface area contributed by atoms with Gasteiger partial charge in [0.25, 0.3) is 0 Å². The van der Waals surface area contributed by atoms with E-state index in [1.165, 1.54) is 11.3 Å². The van der Waals surface area contributed by atoms with Gasteiger partial charge in [0.1, 0.15) is 17.3 Å². The Morgan fingerprint density at radius 1 is 1.36 bits per heavy atom. The smallest absolute Gasteiger partial charge is 0.246 e. The molecule has 1 amide bonds. The minimum atomic E-state index is -0.123. The maximum Gasteiger partial charge on any atom is 0.246 e. The van der Waals surface area contributed by atoms with Crippen molar-refractivity contribution in [3.8, 4) is 5.75 Å². The van der Waals surface area contributed by atoms with Gasteiger partial charge in [0, 0.05) is 17.1 Å². The van der Waals surface area contributed by atoms with E-state index in [4.69, 9.17) is 4.74 Å². The molecule has 0 aliphatic carbocycles. The molecule has 114 valence electrons. The standard InChI is InChI=1S/C15H16N4O2S/c1-3-21-12-4-5-13-11(8-12)6-7-19(13)9-14(20)16-15-18-17-10(2)22-15/h4-8H,3,9H2,1-2H3,(H,16,18,20). The Kier molecular flexibility index (Phi) is 4.06. The molecule has 0 aliphatic rings. The first-order valence-corrected chi connectivity index (χ1v) is 7.79. The Morgan fingerprint density at radius 2 is 2.23 bits per heavy atom. The molecule has 0 aliphatic heterocycles. The second kappa shape index (κ2) is 6.15. The van der Waals surface area contributed by atoms with Crippen molar-refractivity contribution in [3.63, 3.8) is 0 Å². The van der Waals surface area contributed by atoms with Crippen molar-refractivity contribution in [3.05, 3.63) is 35.5 Å². The summed E-state index contributed by atoms with van der Waals surface area (Å²) in [6.45, 7) is 4.67. The fraction of sp³-hybridized carbons (Fsp3) is 0.267. The zero-order valence-corrected chi connectivity index (χ0v) is 13.2. The summed E-state index contributed by atoms with van der Waals surface area (Å²) in [7, 11) is 0. The molecule has 1 aromatic carbocycles. The molecular formula is C15H16N4O2S. The minimum absolute atomic E-state index is 0.123. The first-order chi connectivity index (χ1) is 10.7. The Bertz CT molecular complexity index is 809. The number of ether oxygens (including phenoxy) is 1. The van der Waals surface area contributed by atoms with Gasteiger partial charge in [-0.2, -0.15) is 0 Å². The number of anilines is 1. The van der Waals surface area contributed by atoms with Crippen molar-refractivity contribution in [2.75, 3.05) is 11.9 Å². The summed E-state index contributed by atoms with van der Waals surface area (Å²) >= 11 is 1.36. The summed E-state index contributed by atoms with van der Waals surface area (Å²) in [5, 5.41) is 12.9. The van der Waals surface area contributed by atoms with E-state index in [-0.39, 0.29) is 12.5 Å². The first-order valence-electron chi connectivity index (χ1n) is 6.97. The number of benzene rings is 1. The van der Waals surface area contributed by atoms with Gasteiger partial charge in [-0.3, -0.25) is 10.1 Å². The second-order valence-electron chi connectivity index (χ2n) is 4.77. The van der Waals surface area contributed by atoms with Gasteiger partial charge in [-0.1, -0.05) is 11.3 Å². The molecule has 3 aromatic rings. The monoisotopic (exact) mass is 316 g/mol. The molecule has 7 heteroatoms. The highest BCUT2D eigenvalue weighted by Gasteiger charge is 2.09. The van der Waals surface area contributed by atoms with Crippen LogP contribution in [0.15, 0.2) is 30.5 Å². The fourth-order valence-electron chi connectivity index (χ4n) is 2.23. The van der Waals surface area contributed by atoms with Crippen molar-refractivity contribution in [1.29, 1.82) is 0 Å². The molecule has 0 saturated carbocycles. The zero-order chi connectivity index (χ0) is 15.5. The van der Waals surface area contributed by atoms with Crippen LogP contribution in [0.3, 0.4) is 0 Å². The molecule has 0 fully saturated rings. The van der Waals surface area contributed by atoms with Crippen molar-refractivity contribution in [2.45, 2.75) is 20.4 Å². The van der Waals surface area contributed by atoms with E-state index in [1.807, 2.05) is 48.9 Å². The van der Waals surface area contributed by atoms with E-state index in [1.54, 1.807) is 0 Å². The van der Waals surface area contributed by atoms with Crippen molar-refractivity contribution >= 4 is 33.3 Å². The van der Waals surface area contributed by atoms with Crippen LogP contribution in [0.2, 0.25) is 0 Å². The van der Waals surface area contributed by atoms with Crippen LogP contribution in [0.4, 0.5) is 5.13 Å². The minimum Gasteiger partial charge on any atom is -0.494 e. The summed E-state index contributed by atoms with van der Waals surface area (Å²) in [6.07, 6.45) is 1.89. The second-order valence-corrected chi connectivity index (χ2v) is 5.95. The molecule has 0 saturated heterocycles. The number of hydrogen-bond donors (Lipinski definition) is 1. The summed E-state index contributed by atoms with van der Waals surface area (Å²) in [6, 6.07) is 7.82. The Morgan fingerprint density at radius 3 is 2.95 bits per heavy atom.